The molecule has 0 saturated carbocycles. The molecule has 0 fully saturated rings. The summed E-state index contributed by atoms with van der Waals surface area (Å²) >= 11 is 0. The Morgan fingerprint density at radius 1 is 0.880 bits per heavy atom. The number of benzene rings is 2. The molecule has 0 aromatic heterocycles. The fourth-order valence-corrected chi connectivity index (χ4v) is 2.12. The van der Waals surface area contributed by atoms with E-state index in [1.165, 1.54) is 0 Å². The van der Waals surface area contributed by atoms with Crippen molar-refractivity contribution in [1.82, 2.24) is 5.32 Å². The molecule has 0 aliphatic heterocycles. The standard InChI is InChI=1S/C10H13NO2.C9H11NO2/c1-11-9(10(12)13)7-8-5-3-2-4-6-8;10-8(9(11)12)6-7-4-2-1-3-5-7/h2-6,9,11H,7H2,1H3,(H,12,13);1-5,8H,6,10H2,(H,11,12)/t9-;8-/m00/s1. The molecule has 2 rings (SSSR count). The maximum atomic E-state index is 10.7. The highest BCUT2D eigenvalue weighted by molar-refractivity contribution is 5.74. The van der Waals surface area contributed by atoms with Crippen LogP contribution in [0.4, 0.5) is 0 Å². The van der Waals surface area contributed by atoms with Gasteiger partial charge in [0.05, 0.1) is 0 Å². The van der Waals surface area contributed by atoms with E-state index in [2.05, 4.69) is 5.32 Å². The molecule has 0 amide bonds. The van der Waals surface area contributed by atoms with Gasteiger partial charge in [0.15, 0.2) is 0 Å². The Morgan fingerprint density at radius 3 is 1.68 bits per heavy atom. The first-order valence-corrected chi connectivity index (χ1v) is 7.90. The van der Waals surface area contributed by atoms with E-state index in [-0.39, 0.29) is 0 Å². The number of carboxylic acids is 2. The summed E-state index contributed by atoms with van der Waals surface area (Å²) in [6, 6.07) is 17.6. The van der Waals surface area contributed by atoms with Gasteiger partial charge in [0.25, 0.3) is 0 Å². The van der Waals surface area contributed by atoms with Crippen LogP contribution >= 0.6 is 0 Å². The van der Waals surface area contributed by atoms with E-state index in [0.29, 0.717) is 12.8 Å². The molecule has 0 aliphatic rings. The van der Waals surface area contributed by atoms with Gasteiger partial charge in [-0.1, -0.05) is 60.7 Å². The van der Waals surface area contributed by atoms with Crippen molar-refractivity contribution in [3.8, 4) is 0 Å². The molecule has 134 valence electrons. The Labute approximate surface area is 147 Å². The third-order valence-corrected chi connectivity index (χ3v) is 3.54. The van der Waals surface area contributed by atoms with E-state index in [1.54, 1.807) is 7.05 Å². The third kappa shape index (κ3) is 8.10. The Kier molecular flexibility index (Phi) is 8.92. The van der Waals surface area contributed by atoms with Crippen LogP contribution in [0.15, 0.2) is 60.7 Å². The van der Waals surface area contributed by atoms with Crippen molar-refractivity contribution < 1.29 is 19.8 Å². The van der Waals surface area contributed by atoms with Crippen LogP contribution in [0.1, 0.15) is 11.1 Å². The zero-order valence-electron chi connectivity index (χ0n) is 14.1. The van der Waals surface area contributed by atoms with E-state index in [1.807, 2.05) is 60.7 Å². The highest BCUT2D eigenvalue weighted by atomic mass is 16.4. The van der Waals surface area contributed by atoms with Crippen molar-refractivity contribution in [3.63, 3.8) is 0 Å². The lowest BCUT2D eigenvalue weighted by molar-refractivity contribution is -0.139. The van der Waals surface area contributed by atoms with E-state index >= 15 is 0 Å². The summed E-state index contributed by atoms with van der Waals surface area (Å²) in [5.74, 6) is -1.77. The molecule has 0 aliphatic carbocycles. The Bertz CT molecular complexity index is 647. The van der Waals surface area contributed by atoms with E-state index in [4.69, 9.17) is 15.9 Å². The lowest BCUT2D eigenvalue weighted by Gasteiger charge is -2.10. The molecule has 2 aromatic rings. The highest BCUT2D eigenvalue weighted by Gasteiger charge is 2.14. The lowest BCUT2D eigenvalue weighted by atomic mass is 10.1. The summed E-state index contributed by atoms with van der Waals surface area (Å²) in [7, 11) is 1.65. The van der Waals surface area contributed by atoms with Crippen LogP contribution in [0.2, 0.25) is 0 Å². The van der Waals surface area contributed by atoms with Gasteiger partial charge < -0.3 is 21.3 Å². The number of nitrogens with one attached hydrogen (secondary N) is 1. The number of aliphatic carboxylic acids is 2. The van der Waals surface area contributed by atoms with Crippen LogP contribution in [0.5, 0.6) is 0 Å². The quantitative estimate of drug-likeness (QED) is 0.606. The first-order valence-electron chi connectivity index (χ1n) is 7.90. The summed E-state index contributed by atoms with van der Waals surface area (Å²) in [6.07, 6.45) is 0.906. The molecular weight excluding hydrogens is 320 g/mol. The minimum Gasteiger partial charge on any atom is -0.480 e. The van der Waals surface area contributed by atoms with Crippen LogP contribution in [0.25, 0.3) is 0 Å². The predicted octanol–water partition coefficient (Wildman–Crippen LogP) is 1.54. The molecule has 0 unspecified atom stereocenters. The Balaban J connectivity index is 0.000000251. The number of nitrogens with two attached hydrogens (primary N) is 1. The number of hydrogen-bond acceptors (Lipinski definition) is 4. The van der Waals surface area contributed by atoms with Gasteiger partial charge in [-0.25, -0.2) is 0 Å². The molecule has 5 N–H and O–H groups in total. The minimum atomic E-state index is -0.959. The van der Waals surface area contributed by atoms with E-state index in [9.17, 15) is 9.59 Å². The fraction of sp³-hybridized carbons (Fsp3) is 0.263. The average molecular weight is 344 g/mol. The maximum Gasteiger partial charge on any atom is 0.321 e. The molecule has 0 spiro atoms. The van der Waals surface area contributed by atoms with E-state index < -0.39 is 24.0 Å². The van der Waals surface area contributed by atoms with Gasteiger partial charge in [-0.15, -0.1) is 0 Å². The van der Waals surface area contributed by atoms with Gasteiger partial charge in [0.2, 0.25) is 0 Å². The molecule has 0 bridgehead atoms. The summed E-state index contributed by atoms with van der Waals surface area (Å²) in [5, 5.41) is 20.0. The highest BCUT2D eigenvalue weighted by Crippen LogP contribution is 2.03. The van der Waals surface area contributed by atoms with Gasteiger partial charge in [-0.3, -0.25) is 9.59 Å². The largest absolute Gasteiger partial charge is 0.480 e. The third-order valence-electron chi connectivity index (χ3n) is 3.54. The van der Waals surface area contributed by atoms with Crippen LogP contribution in [-0.4, -0.2) is 41.3 Å². The number of carboxylic acid groups (broad SMARTS) is 2. The first-order chi connectivity index (χ1) is 11.9. The average Bonchev–Trinajstić information content (AvgIpc) is 2.61. The number of carbonyl (C=O) groups is 2. The van der Waals surface area contributed by atoms with Crippen molar-refractivity contribution in [2.45, 2.75) is 24.9 Å². The van der Waals surface area contributed by atoms with Crippen molar-refractivity contribution in [3.05, 3.63) is 71.8 Å². The SMILES string of the molecule is CN[C@@H](Cc1ccccc1)C(=O)O.N[C@@H](Cc1ccccc1)C(=O)O. The Hall–Kier alpha value is -2.70. The number of hydrogen-bond donors (Lipinski definition) is 4. The molecule has 2 atom stereocenters. The lowest BCUT2D eigenvalue weighted by Crippen LogP contribution is -2.35. The van der Waals surface area contributed by atoms with Gasteiger partial charge in [0, 0.05) is 0 Å². The van der Waals surface area contributed by atoms with Gasteiger partial charge in [-0.05, 0) is 31.0 Å². The van der Waals surface area contributed by atoms with Crippen molar-refractivity contribution >= 4 is 11.9 Å². The summed E-state index contributed by atoms with van der Waals surface area (Å²) in [6.45, 7) is 0. The van der Waals surface area contributed by atoms with Crippen LogP contribution < -0.4 is 11.1 Å². The normalized spacial score (nSPS) is 12.4. The smallest absolute Gasteiger partial charge is 0.321 e. The predicted molar refractivity (Wildman–Crippen MR) is 96.4 cm³/mol. The number of rotatable bonds is 7. The first kappa shape index (κ1) is 20.3. The second-order valence-corrected chi connectivity index (χ2v) is 5.50. The van der Waals surface area contributed by atoms with Gasteiger partial charge >= 0.3 is 11.9 Å². The van der Waals surface area contributed by atoms with Crippen molar-refractivity contribution in [1.29, 1.82) is 0 Å². The summed E-state index contributed by atoms with van der Waals surface area (Å²) < 4.78 is 0. The van der Waals surface area contributed by atoms with Crippen LogP contribution in [0.3, 0.4) is 0 Å². The van der Waals surface area contributed by atoms with Crippen LogP contribution in [-0.2, 0) is 22.4 Å². The molecule has 6 heteroatoms. The maximum absolute atomic E-state index is 10.7. The monoisotopic (exact) mass is 344 g/mol. The van der Waals surface area contributed by atoms with Crippen molar-refractivity contribution in [2.24, 2.45) is 5.73 Å². The number of likely N-dealkylation sites (N-methyl/N-ethyl adjacent to an activating group) is 1. The molecule has 0 radical (unpaired) electrons. The fourth-order valence-electron chi connectivity index (χ4n) is 2.12. The van der Waals surface area contributed by atoms with Crippen LogP contribution in [0, 0.1) is 0 Å². The molecular formula is C19H24N2O4. The van der Waals surface area contributed by atoms with Gasteiger partial charge in [-0.2, -0.15) is 0 Å². The second kappa shape index (κ2) is 11.0. The second-order valence-electron chi connectivity index (χ2n) is 5.50. The summed E-state index contributed by atoms with van der Waals surface area (Å²) in [5.41, 5.74) is 7.33. The zero-order valence-corrected chi connectivity index (χ0v) is 14.1. The molecule has 2 aromatic carbocycles. The van der Waals surface area contributed by atoms with Gasteiger partial charge in [0.1, 0.15) is 12.1 Å². The van der Waals surface area contributed by atoms with Crippen molar-refractivity contribution in [2.75, 3.05) is 7.05 Å². The molecule has 0 heterocycles. The molecule has 6 nitrogen and oxygen atoms in total. The topological polar surface area (TPSA) is 113 Å². The Morgan fingerprint density at radius 2 is 1.32 bits per heavy atom. The van der Waals surface area contributed by atoms with E-state index in [0.717, 1.165) is 11.1 Å². The minimum absolute atomic E-state index is 0.385. The zero-order chi connectivity index (χ0) is 18.7. The summed E-state index contributed by atoms with van der Waals surface area (Å²) in [4.78, 5) is 21.1. The molecule has 0 saturated heterocycles. The molecule has 25 heavy (non-hydrogen) atoms.